The number of aliphatic hydroxyl groups is 1. The summed E-state index contributed by atoms with van der Waals surface area (Å²) in [6.45, 7) is 8.84. The van der Waals surface area contributed by atoms with Gasteiger partial charge in [-0.15, -0.1) is 0 Å². The van der Waals surface area contributed by atoms with Gasteiger partial charge in [0.1, 0.15) is 0 Å². The van der Waals surface area contributed by atoms with E-state index in [1.807, 2.05) is 13.0 Å². The molecular formula is C20H30O2. The van der Waals surface area contributed by atoms with E-state index in [1.165, 1.54) is 12.0 Å². The number of allylic oxidation sites excluding steroid dienone is 5. The number of fused-ring (bicyclic) bond motifs is 1. The average Bonchev–Trinajstić information content (AvgIpc) is 2.99. The van der Waals surface area contributed by atoms with Crippen molar-refractivity contribution >= 4 is 5.78 Å². The summed E-state index contributed by atoms with van der Waals surface area (Å²) in [6.07, 6.45) is 11.0. The molecule has 0 aromatic rings. The Morgan fingerprint density at radius 3 is 2.64 bits per heavy atom. The summed E-state index contributed by atoms with van der Waals surface area (Å²) >= 11 is 0. The van der Waals surface area contributed by atoms with Crippen molar-refractivity contribution in [3.63, 3.8) is 0 Å². The van der Waals surface area contributed by atoms with Gasteiger partial charge in [0.05, 0.1) is 6.61 Å². The van der Waals surface area contributed by atoms with E-state index in [9.17, 15) is 9.90 Å². The van der Waals surface area contributed by atoms with E-state index in [0.29, 0.717) is 23.7 Å². The van der Waals surface area contributed by atoms with E-state index in [2.05, 4.69) is 32.9 Å². The zero-order valence-electron chi connectivity index (χ0n) is 14.5. The molecule has 0 saturated heterocycles. The molecule has 1 N–H and O–H groups in total. The van der Waals surface area contributed by atoms with Gasteiger partial charge in [-0.1, -0.05) is 37.6 Å². The summed E-state index contributed by atoms with van der Waals surface area (Å²) in [5, 5.41) is 9.42. The Kier molecular flexibility index (Phi) is 5.44. The first-order chi connectivity index (χ1) is 10.4. The molecule has 122 valence electrons. The lowest BCUT2D eigenvalue weighted by molar-refractivity contribution is -0.114. The van der Waals surface area contributed by atoms with Gasteiger partial charge in [-0.05, 0) is 67.9 Å². The summed E-state index contributed by atoms with van der Waals surface area (Å²) in [7, 11) is 0. The monoisotopic (exact) mass is 302 g/mol. The molecule has 0 heterocycles. The summed E-state index contributed by atoms with van der Waals surface area (Å²) in [4.78, 5) is 12.3. The van der Waals surface area contributed by atoms with Crippen LogP contribution >= 0.6 is 0 Å². The molecule has 0 spiro atoms. The van der Waals surface area contributed by atoms with Crippen molar-refractivity contribution in [3.05, 3.63) is 34.9 Å². The van der Waals surface area contributed by atoms with Crippen LogP contribution in [0, 0.1) is 17.3 Å². The summed E-state index contributed by atoms with van der Waals surface area (Å²) < 4.78 is 0. The average molecular weight is 302 g/mol. The van der Waals surface area contributed by atoms with E-state index in [-0.39, 0.29) is 12.4 Å². The number of rotatable bonds is 1. The molecule has 1 saturated carbocycles. The summed E-state index contributed by atoms with van der Waals surface area (Å²) in [5.41, 5.74) is 3.64. The van der Waals surface area contributed by atoms with Crippen LogP contribution in [0.4, 0.5) is 0 Å². The summed E-state index contributed by atoms with van der Waals surface area (Å²) in [5.74, 6) is 1.43. The Labute approximate surface area is 135 Å². The van der Waals surface area contributed by atoms with Crippen LogP contribution in [-0.2, 0) is 4.79 Å². The van der Waals surface area contributed by atoms with E-state index < -0.39 is 0 Å². The van der Waals surface area contributed by atoms with E-state index in [4.69, 9.17) is 0 Å². The topological polar surface area (TPSA) is 37.3 Å². The lowest BCUT2D eigenvalue weighted by Crippen LogP contribution is -2.01. The Morgan fingerprint density at radius 1 is 1.23 bits per heavy atom. The minimum atomic E-state index is 0.0562. The third-order valence-electron chi connectivity index (χ3n) is 5.60. The van der Waals surface area contributed by atoms with Crippen LogP contribution in [0.15, 0.2) is 34.9 Å². The van der Waals surface area contributed by atoms with E-state index >= 15 is 0 Å². The van der Waals surface area contributed by atoms with Crippen molar-refractivity contribution in [1.29, 1.82) is 0 Å². The molecule has 2 heteroatoms. The predicted octanol–water partition coefficient (Wildman–Crippen LogP) is 4.60. The molecule has 0 bridgehead atoms. The Morgan fingerprint density at radius 2 is 1.95 bits per heavy atom. The maximum atomic E-state index is 12.3. The molecule has 2 aliphatic carbocycles. The van der Waals surface area contributed by atoms with Gasteiger partial charge < -0.3 is 5.11 Å². The fraction of sp³-hybridized carbons (Fsp3) is 0.650. The van der Waals surface area contributed by atoms with Gasteiger partial charge in [-0.3, -0.25) is 4.79 Å². The number of carbonyl (C=O) groups excluding carboxylic acids is 1. The van der Waals surface area contributed by atoms with Gasteiger partial charge in [-0.2, -0.15) is 0 Å². The summed E-state index contributed by atoms with van der Waals surface area (Å²) in [6, 6.07) is 0. The highest BCUT2D eigenvalue weighted by Gasteiger charge is 2.55. The van der Waals surface area contributed by atoms with Crippen LogP contribution in [0.25, 0.3) is 0 Å². The predicted molar refractivity (Wildman–Crippen MR) is 91.5 cm³/mol. The van der Waals surface area contributed by atoms with E-state index in [1.54, 1.807) is 0 Å². The molecule has 2 rings (SSSR count). The second-order valence-electron chi connectivity index (χ2n) is 7.58. The van der Waals surface area contributed by atoms with Gasteiger partial charge in [0, 0.05) is 6.42 Å². The van der Waals surface area contributed by atoms with Crippen molar-refractivity contribution in [3.8, 4) is 0 Å². The number of hydrogen-bond donors (Lipinski definition) is 1. The quantitative estimate of drug-likeness (QED) is 0.719. The van der Waals surface area contributed by atoms with Gasteiger partial charge >= 0.3 is 0 Å². The highest BCUT2D eigenvalue weighted by atomic mass is 16.3. The standard InChI is InChI=1S/C20H30O2/c1-14-6-5-7-16(13-21)9-11-19(22)15(2)12-18-17(10-8-14)20(18,3)4/h6,9,12,17-18,21H,5,7-8,10-11,13H2,1-4H3. The van der Waals surface area contributed by atoms with E-state index in [0.717, 1.165) is 30.4 Å². The minimum Gasteiger partial charge on any atom is -0.392 e. The number of Topliss-reactive ketones (excluding diaryl/α,β-unsaturated/α-hetero) is 1. The molecule has 2 atom stereocenters. The molecule has 2 nitrogen and oxygen atoms in total. The lowest BCUT2D eigenvalue weighted by Gasteiger charge is -2.06. The van der Waals surface area contributed by atoms with Gasteiger partial charge in [-0.25, -0.2) is 0 Å². The zero-order chi connectivity index (χ0) is 16.3. The molecule has 0 aliphatic heterocycles. The first-order valence-electron chi connectivity index (χ1n) is 8.52. The first-order valence-corrected chi connectivity index (χ1v) is 8.52. The number of aliphatic hydroxyl groups excluding tert-OH is 1. The minimum absolute atomic E-state index is 0.0562. The molecule has 0 amide bonds. The second kappa shape index (κ2) is 6.95. The van der Waals surface area contributed by atoms with Crippen LogP contribution in [0.3, 0.4) is 0 Å². The van der Waals surface area contributed by atoms with Crippen LogP contribution < -0.4 is 0 Å². The normalized spacial score (nSPS) is 29.7. The van der Waals surface area contributed by atoms with Crippen molar-refractivity contribution in [2.75, 3.05) is 6.61 Å². The molecule has 0 radical (unpaired) electrons. The van der Waals surface area contributed by atoms with Gasteiger partial charge in [0.25, 0.3) is 0 Å². The SMILES string of the molecule is CC1=CCCC(CO)=CCC(=O)C(C)=CC2C(CC1)C2(C)C. The lowest BCUT2D eigenvalue weighted by atomic mass is 10.0. The van der Waals surface area contributed by atoms with Crippen molar-refractivity contribution in [2.24, 2.45) is 17.3 Å². The number of hydrogen-bond acceptors (Lipinski definition) is 2. The smallest absolute Gasteiger partial charge is 0.162 e. The molecule has 0 aromatic carbocycles. The molecule has 2 unspecified atom stereocenters. The van der Waals surface area contributed by atoms with Crippen LogP contribution in [0.1, 0.15) is 59.8 Å². The third-order valence-corrected chi connectivity index (χ3v) is 5.60. The molecule has 22 heavy (non-hydrogen) atoms. The fourth-order valence-electron chi connectivity index (χ4n) is 3.66. The largest absolute Gasteiger partial charge is 0.392 e. The fourth-order valence-corrected chi connectivity index (χ4v) is 3.66. The highest BCUT2D eigenvalue weighted by molar-refractivity contribution is 5.95. The maximum Gasteiger partial charge on any atom is 0.162 e. The number of carbonyl (C=O) groups is 1. The first kappa shape index (κ1) is 17.2. The van der Waals surface area contributed by atoms with Gasteiger partial charge in [0.2, 0.25) is 0 Å². The highest BCUT2D eigenvalue weighted by Crippen LogP contribution is 2.61. The molecular weight excluding hydrogens is 272 g/mol. The van der Waals surface area contributed by atoms with Crippen LogP contribution in [-0.4, -0.2) is 17.5 Å². The number of ketones is 1. The third kappa shape index (κ3) is 3.98. The Balaban J connectivity index is 2.20. The van der Waals surface area contributed by atoms with Crippen LogP contribution in [0.5, 0.6) is 0 Å². The van der Waals surface area contributed by atoms with Crippen molar-refractivity contribution < 1.29 is 9.90 Å². The van der Waals surface area contributed by atoms with Crippen molar-refractivity contribution in [2.45, 2.75) is 59.8 Å². The molecule has 0 aromatic heterocycles. The Hall–Kier alpha value is -1.15. The zero-order valence-corrected chi connectivity index (χ0v) is 14.5. The molecule has 2 aliphatic rings. The maximum absolute atomic E-state index is 12.3. The van der Waals surface area contributed by atoms with Gasteiger partial charge in [0.15, 0.2) is 5.78 Å². The second-order valence-corrected chi connectivity index (χ2v) is 7.58. The Bertz CT molecular complexity index is 520. The van der Waals surface area contributed by atoms with Crippen LogP contribution in [0.2, 0.25) is 0 Å². The molecule has 1 fully saturated rings. The van der Waals surface area contributed by atoms with Crippen molar-refractivity contribution in [1.82, 2.24) is 0 Å².